The number of aliphatic hydroxyl groups is 1. The van der Waals surface area contributed by atoms with Crippen molar-refractivity contribution in [2.45, 2.75) is 31.0 Å². The molecule has 0 radical (unpaired) electrons. The van der Waals surface area contributed by atoms with Gasteiger partial charge in [-0.3, -0.25) is 0 Å². The summed E-state index contributed by atoms with van der Waals surface area (Å²) in [5.41, 5.74) is 0.209. The molecule has 1 fully saturated rings. The molecule has 5 nitrogen and oxygen atoms in total. The Morgan fingerprint density at radius 2 is 2.43 bits per heavy atom. The molecule has 1 aromatic rings. The van der Waals surface area contributed by atoms with Gasteiger partial charge in [-0.15, -0.1) is 0 Å². The van der Waals surface area contributed by atoms with Crippen LogP contribution in [0.1, 0.15) is 18.5 Å². The van der Waals surface area contributed by atoms with E-state index in [0.29, 0.717) is 19.3 Å². The van der Waals surface area contributed by atoms with Crippen molar-refractivity contribution in [2.24, 2.45) is 7.05 Å². The van der Waals surface area contributed by atoms with E-state index in [9.17, 15) is 5.11 Å². The molecule has 5 heteroatoms. The SMILES string of the molecule is COC1CC(O)(Cc2cnn(C)n2)C1. The first-order valence-corrected chi connectivity index (χ1v) is 4.72. The molecular formula is C9H15N3O2. The number of hydrogen-bond donors (Lipinski definition) is 1. The Kier molecular flexibility index (Phi) is 2.28. The number of aryl methyl sites for hydroxylation is 1. The van der Waals surface area contributed by atoms with Crippen molar-refractivity contribution in [2.75, 3.05) is 7.11 Å². The second-order valence-corrected chi connectivity index (χ2v) is 3.99. The summed E-state index contributed by atoms with van der Waals surface area (Å²) >= 11 is 0. The zero-order valence-electron chi connectivity index (χ0n) is 8.47. The van der Waals surface area contributed by atoms with Gasteiger partial charge in [-0.2, -0.15) is 15.0 Å². The minimum atomic E-state index is -0.628. The third-order valence-corrected chi connectivity index (χ3v) is 2.71. The van der Waals surface area contributed by atoms with Crippen LogP contribution in [0.3, 0.4) is 0 Å². The molecule has 0 saturated heterocycles. The molecule has 78 valence electrons. The fourth-order valence-electron chi connectivity index (χ4n) is 1.90. The predicted molar refractivity (Wildman–Crippen MR) is 49.7 cm³/mol. The molecule has 2 rings (SSSR count). The molecule has 1 aliphatic carbocycles. The molecule has 0 unspecified atom stereocenters. The van der Waals surface area contributed by atoms with Gasteiger partial charge in [0.2, 0.25) is 0 Å². The van der Waals surface area contributed by atoms with Crippen LogP contribution in [0.5, 0.6) is 0 Å². The molecule has 0 atom stereocenters. The molecule has 1 aliphatic rings. The van der Waals surface area contributed by atoms with E-state index in [2.05, 4.69) is 10.2 Å². The molecule has 1 saturated carbocycles. The fourth-order valence-corrected chi connectivity index (χ4v) is 1.90. The number of ether oxygens (including phenoxy) is 1. The van der Waals surface area contributed by atoms with Crippen molar-refractivity contribution in [1.82, 2.24) is 15.0 Å². The van der Waals surface area contributed by atoms with Crippen molar-refractivity contribution >= 4 is 0 Å². The normalized spacial score (nSPS) is 31.5. The highest BCUT2D eigenvalue weighted by Crippen LogP contribution is 2.36. The average molecular weight is 197 g/mol. The van der Waals surface area contributed by atoms with Gasteiger partial charge < -0.3 is 9.84 Å². The van der Waals surface area contributed by atoms with E-state index in [1.165, 1.54) is 4.80 Å². The minimum Gasteiger partial charge on any atom is -0.389 e. The van der Waals surface area contributed by atoms with Gasteiger partial charge in [0, 0.05) is 33.4 Å². The standard InChI is InChI=1S/C9H15N3O2/c1-12-10-6-7(11-12)3-9(13)4-8(5-9)14-2/h6,8,13H,3-5H2,1-2H3. The highest BCUT2D eigenvalue weighted by Gasteiger charge is 2.43. The third-order valence-electron chi connectivity index (χ3n) is 2.71. The van der Waals surface area contributed by atoms with Crippen molar-refractivity contribution in [1.29, 1.82) is 0 Å². The number of hydrogen-bond acceptors (Lipinski definition) is 4. The Bertz CT molecular complexity index is 318. The van der Waals surface area contributed by atoms with Crippen molar-refractivity contribution < 1.29 is 9.84 Å². The molecule has 0 aromatic carbocycles. The maximum Gasteiger partial charge on any atom is 0.0855 e. The van der Waals surface area contributed by atoms with E-state index in [0.717, 1.165) is 5.69 Å². The molecular weight excluding hydrogens is 182 g/mol. The Hall–Kier alpha value is -0.940. The minimum absolute atomic E-state index is 0.205. The van der Waals surface area contributed by atoms with Gasteiger partial charge >= 0.3 is 0 Å². The molecule has 1 aromatic heterocycles. The first-order chi connectivity index (χ1) is 6.61. The predicted octanol–water partition coefficient (Wildman–Crippen LogP) is -0.103. The van der Waals surface area contributed by atoms with Gasteiger partial charge in [0.25, 0.3) is 0 Å². The van der Waals surface area contributed by atoms with Gasteiger partial charge in [0.1, 0.15) is 0 Å². The van der Waals surface area contributed by atoms with Crippen LogP contribution in [0.4, 0.5) is 0 Å². The molecule has 0 spiro atoms. The van der Waals surface area contributed by atoms with E-state index < -0.39 is 5.60 Å². The quantitative estimate of drug-likeness (QED) is 0.735. The topological polar surface area (TPSA) is 60.2 Å². The summed E-state index contributed by atoms with van der Waals surface area (Å²) in [7, 11) is 3.44. The third kappa shape index (κ3) is 1.78. The molecule has 1 N–H and O–H groups in total. The van der Waals surface area contributed by atoms with Crippen LogP contribution in [0.2, 0.25) is 0 Å². The second kappa shape index (κ2) is 3.33. The van der Waals surface area contributed by atoms with Gasteiger partial charge in [-0.25, -0.2) is 0 Å². The largest absolute Gasteiger partial charge is 0.389 e. The molecule has 0 aliphatic heterocycles. The second-order valence-electron chi connectivity index (χ2n) is 3.99. The van der Waals surface area contributed by atoms with E-state index in [4.69, 9.17) is 4.74 Å². The first-order valence-electron chi connectivity index (χ1n) is 4.72. The lowest BCUT2D eigenvalue weighted by Gasteiger charge is -2.42. The number of rotatable bonds is 3. The van der Waals surface area contributed by atoms with Crippen LogP contribution in [0, 0.1) is 0 Å². The number of nitrogens with zero attached hydrogens (tertiary/aromatic N) is 3. The van der Waals surface area contributed by atoms with E-state index in [-0.39, 0.29) is 6.10 Å². The number of aromatic nitrogens is 3. The van der Waals surface area contributed by atoms with Crippen LogP contribution >= 0.6 is 0 Å². The summed E-state index contributed by atoms with van der Waals surface area (Å²) in [6.45, 7) is 0. The molecule has 1 heterocycles. The smallest absolute Gasteiger partial charge is 0.0855 e. The highest BCUT2D eigenvalue weighted by molar-refractivity contribution is 5.05. The van der Waals surface area contributed by atoms with Crippen LogP contribution in [-0.4, -0.2) is 38.9 Å². The van der Waals surface area contributed by atoms with Gasteiger partial charge in [0.15, 0.2) is 0 Å². The van der Waals surface area contributed by atoms with Crippen molar-refractivity contribution in [3.63, 3.8) is 0 Å². The molecule has 0 bridgehead atoms. The Labute approximate surface area is 82.7 Å². The van der Waals surface area contributed by atoms with Gasteiger partial charge in [0.05, 0.1) is 23.6 Å². The summed E-state index contributed by atoms with van der Waals surface area (Å²) in [5, 5.41) is 18.1. The zero-order chi connectivity index (χ0) is 10.2. The van der Waals surface area contributed by atoms with Crippen LogP contribution in [0.15, 0.2) is 6.20 Å². The lowest BCUT2D eigenvalue weighted by molar-refractivity contribution is -0.126. The maximum atomic E-state index is 10.0. The number of methoxy groups -OCH3 is 1. The average Bonchev–Trinajstić information content (AvgIpc) is 2.46. The Morgan fingerprint density at radius 3 is 2.93 bits per heavy atom. The zero-order valence-corrected chi connectivity index (χ0v) is 8.47. The summed E-state index contributed by atoms with van der Waals surface area (Å²) in [6.07, 6.45) is 3.86. The highest BCUT2D eigenvalue weighted by atomic mass is 16.5. The summed E-state index contributed by atoms with van der Waals surface area (Å²) in [6, 6.07) is 0. The van der Waals surface area contributed by atoms with Gasteiger partial charge in [-0.1, -0.05) is 0 Å². The maximum absolute atomic E-state index is 10.0. The summed E-state index contributed by atoms with van der Waals surface area (Å²) in [5.74, 6) is 0. The first kappa shape index (κ1) is 9.61. The van der Waals surface area contributed by atoms with E-state index >= 15 is 0 Å². The lowest BCUT2D eigenvalue weighted by Crippen LogP contribution is -2.49. The van der Waals surface area contributed by atoms with E-state index in [1.54, 1.807) is 20.4 Å². The molecule has 0 amide bonds. The van der Waals surface area contributed by atoms with Crippen LogP contribution in [0.25, 0.3) is 0 Å². The van der Waals surface area contributed by atoms with Crippen molar-refractivity contribution in [3.8, 4) is 0 Å². The Balaban J connectivity index is 1.93. The lowest BCUT2D eigenvalue weighted by atomic mass is 9.74. The summed E-state index contributed by atoms with van der Waals surface area (Å²) in [4.78, 5) is 1.51. The monoisotopic (exact) mass is 197 g/mol. The Morgan fingerprint density at radius 1 is 1.71 bits per heavy atom. The fraction of sp³-hybridized carbons (Fsp3) is 0.778. The molecule has 14 heavy (non-hydrogen) atoms. The summed E-state index contributed by atoms with van der Waals surface area (Å²) < 4.78 is 5.12. The van der Waals surface area contributed by atoms with Gasteiger partial charge in [-0.05, 0) is 0 Å². The van der Waals surface area contributed by atoms with Crippen molar-refractivity contribution in [3.05, 3.63) is 11.9 Å². The van der Waals surface area contributed by atoms with Crippen LogP contribution < -0.4 is 0 Å². The van der Waals surface area contributed by atoms with E-state index in [1.807, 2.05) is 0 Å². The van der Waals surface area contributed by atoms with Crippen LogP contribution in [-0.2, 0) is 18.2 Å².